The first-order valence-electron chi connectivity index (χ1n) is 3.35. The number of carbonyl (C=O) groups is 1. The molecule has 0 spiro atoms. The summed E-state index contributed by atoms with van der Waals surface area (Å²) >= 11 is 0. The van der Waals surface area contributed by atoms with Gasteiger partial charge in [0.25, 0.3) is 0 Å². The van der Waals surface area contributed by atoms with E-state index in [1.807, 2.05) is 19.9 Å². The van der Waals surface area contributed by atoms with Crippen LogP contribution in [-0.2, 0) is 9.53 Å². The quantitative estimate of drug-likeness (QED) is 0.295. The van der Waals surface area contributed by atoms with E-state index in [0.717, 1.165) is 0 Å². The van der Waals surface area contributed by atoms with E-state index in [1.54, 1.807) is 0 Å². The van der Waals surface area contributed by atoms with Gasteiger partial charge in [0.1, 0.15) is 6.61 Å². The fourth-order valence-corrected chi connectivity index (χ4v) is 0.997. The smallest absolute Gasteiger partial charge is 0.335 e. The molecule has 0 bridgehead atoms. The van der Waals surface area contributed by atoms with Crippen LogP contribution in [0.1, 0.15) is 13.8 Å². The fourth-order valence-electron chi connectivity index (χ4n) is 0.997. The van der Waals surface area contributed by atoms with Crippen molar-refractivity contribution in [2.24, 2.45) is 5.41 Å². The molecule has 0 N–H and O–H groups in total. The molecule has 0 aromatic carbocycles. The van der Waals surface area contributed by atoms with Crippen molar-refractivity contribution in [2.75, 3.05) is 6.61 Å². The SMILES string of the molecule is CC1(C)COC(=O)/C1=C/C#N. The highest BCUT2D eigenvalue weighted by atomic mass is 16.5. The lowest BCUT2D eigenvalue weighted by molar-refractivity contribution is -0.135. The van der Waals surface area contributed by atoms with E-state index in [2.05, 4.69) is 0 Å². The number of nitriles is 1. The third-order valence-corrected chi connectivity index (χ3v) is 1.72. The van der Waals surface area contributed by atoms with Gasteiger partial charge in [-0.25, -0.2) is 4.79 Å². The largest absolute Gasteiger partial charge is 0.461 e. The molecule has 11 heavy (non-hydrogen) atoms. The molecule has 1 rings (SSSR count). The summed E-state index contributed by atoms with van der Waals surface area (Å²) in [5.41, 5.74) is 0.173. The molecule has 1 fully saturated rings. The first-order chi connectivity index (χ1) is 5.08. The predicted octanol–water partition coefficient (Wildman–Crippen LogP) is 1.02. The second kappa shape index (κ2) is 2.39. The van der Waals surface area contributed by atoms with E-state index in [1.165, 1.54) is 6.08 Å². The molecule has 0 radical (unpaired) electrons. The molecule has 0 saturated carbocycles. The Kier molecular flexibility index (Phi) is 1.69. The average Bonchev–Trinajstić information content (AvgIpc) is 2.16. The molecule has 1 saturated heterocycles. The highest BCUT2D eigenvalue weighted by Gasteiger charge is 2.37. The molecular formula is C8H9NO2. The lowest BCUT2D eigenvalue weighted by atomic mass is 9.87. The average molecular weight is 151 g/mol. The maximum absolute atomic E-state index is 10.9. The van der Waals surface area contributed by atoms with Crippen LogP contribution < -0.4 is 0 Å². The van der Waals surface area contributed by atoms with Crippen molar-refractivity contribution in [3.05, 3.63) is 11.6 Å². The summed E-state index contributed by atoms with van der Waals surface area (Å²) in [6.45, 7) is 4.13. The highest BCUT2D eigenvalue weighted by molar-refractivity contribution is 5.92. The van der Waals surface area contributed by atoms with Crippen molar-refractivity contribution in [2.45, 2.75) is 13.8 Å². The molecule has 3 nitrogen and oxygen atoms in total. The number of cyclic esters (lactones) is 1. The van der Waals surface area contributed by atoms with Gasteiger partial charge in [0.2, 0.25) is 0 Å². The molecule has 0 amide bonds. The van der Waals surface area contributed by atoms with Crippen LogP contribution >= 0.6 is 0 Å². The molecule has 1 aliphatic rings. The second-order valence-corrected chi connectivity index (χ2v) is 3.15. The van der Waals surface area contributed by atoms with Crippen molar-refractivity contribution in [3.63, 3.8) is 0 Å². The maximum atomic E-state index is 10.9. The molecule has 1 heterocycles. The first kappa shape index (κ1) is 7.80. The minimum absolute atomic E-state index is 0.299. The zero-order chi connectivity index (χ0) is 8.48. The summed E-state index contributed by atoms with van der Waals surface area (Å²) in [5, 5.41) is 8.34. The van der Waals surface area contributed by atoms with E-state index in [4.69, 9.17) is 10.00 Å². The first-order valence-corrected chi connectivity index (χ1v) is 3.35. The monoisotopic (exact) mass is 151 g/mol. The van der Waals surface area contributed by atoms with Gasteiger partial charge < -0.3 is 4.74 Å². The Balaban J connectivity index is 3.01. The maximum Gasteiger partial charge on any atom is 0.335 e. The van der Waals surface area contributed by atoms with E-state index in [-0.39, 0.29) is 11.4 Å². The van der Waals surface area contributed by atoms with E-state index >= 15 is 0 Å². The van der Waals surface area contributed by atoms with Crippen molar-refractivity contribution in [3.8, 4) is 6.07 Å². The Hall–Kier alpha value is -1.30. The van der Waals surface area contributed by atoms with Crippen LogP contribution in [0.3, 0.4) is 0 Å². The van der Waals surface area contributed by atoms with Gasteiger partial charge >= 0.3 is 5.97 Å². The highest BCUT2D eigenvalue weighted by Crippen LogP contribution is 2.33. The Morgan fingerprint density at radius 3 is 2.73 bits per heavy atom. The van der Waals surface area contributed by atoms with Gasteiger partial charge in [0.15, 0.2) is 0 Å². The Morgan fingerprint density at radius 2 is 2.36 bits per heavy atom. The van der Waals surface area contributed by atoms with Crippen molar-refractivity contribution >= 4 is 5.97 Å². The van der Waals surface area contributed by atoms with Gasteiger partial charge in [-0.2, -0.15) is 5.26 Å². The van der Waals surface area contributed by atoms with Crippen molar-refractivity contribution < 1.29 is 9.53 Å². The van der Waals surface area contributed by atoms with E-state index < -0.39 is 0 Å². The van der Waals surface area contributed by atoms with E-state index in [0.29, 0.717) is 12.2 Å². The van der Waals surface area contributed by atoms with Gasteiger partial charge in [0, 0.05) is 11.5 Å². The topological polar surface area (TPSA) is 50.1 Å². The molecule has 0 unspecified atom stereocenters. The van der Waals surface area contributed by atoms with Crippen LogP contribution in [0.15, 0.2) is 11.6 Å². The predicted molar refractivity (Wildman–Crippen MR) is 38.4 cm³/mol. The Bertz CT molecular complexity index is 258. The number of carbonyl (C=O) groups excluding carboxylic acids is 1. The van der Waals surface area contributed by atoms with Gasteiger partial charge in [-0.1, -0.05) is 13.8 Å². The summed E-state index contributed by atoms with van der Waals surface area (Å²) in [4.78, 5) is 10.9. The third-order valence-electron chi connectivity index (χ3n) is 1.72. The van der Waals surface area contributed by atoms with Gasteiger partial charge in [-0.05, 0) is 0 Å². The number of esters is 1. The number of allylic oxidation sites excluding steroid dienone is 1. The summed E-state index contributed by atoms with van der Waals surface area (Å²) < 4.78 is 4.77. The Morgan fingerprint density at radius 1 is 1.73 bits per heavy atom. The van der Waals surface area contributed by atoms with Gasteiger partial charge in [-0.3, -0.25) is 0 Å². The number of rotatable bonds is 0. The summed E-state index contributed by atoms with van der Waals surface area (Å²) in [5.74, 6) is -0.364. The van der Waals surface area contributed by atoms with E-state index in [9.17, 15) is 4.79 Å². The van der Waals surface area contributed by atoms with Crippen LogP contribution in [0.25, 0.3) is 0 Å². The summed E-state index contributed by atoms with van der Waals surface area (Å²) in [6.07, 6.45) is 1.26. The number of hydrogen-bond donors (Lipinski definition) is 0. The minimum atomic E-state index is -0.364. The Labute approximate surface area is 65.3 Å². The molecule has 0 aromatic rings. The molecular weight excluding hydrogens is 142 g/mol. The zero-order valence-electron chi connectivity index (χ0n) is 6.55. The zero-order valence-corrected chi connectivity index (χ0v) is 6.55. The number of hydrogen-bond acceptors (Lipinski definition) is 3. The van der Waals surface area contributed by atoms with Gasteiger partial charge in [0.05, 0.1) is 11.6 Å². The van der Waals surface area contributed by atoms with Crippen molar-refractivity contribution in [1.82, 2.24) is 0 Å². The molecule has 0 aromatic heterocycles. The number of ether oxygens (including phenoxy) is 1. The van der Waals surface area contributed by atoms with Crippen LogP contribution in [0, 0.1) is 16.7 Å². The standard InChI is InChI=1S/C8H9NO2/c1-8(2)5-11-7(10)6(8)3-4-9/h3H,5H2,1-2H3/b6-3-. The van der Waals surface area contributed by atoms with Gasteiger partial charge in [-0.15, -0.1) is 0 Å². The normalized spacial score (nSPS) is 24.8. The molecule has 1 aliphatic heterocycles. The molecule has 58 valence electrons. The molecule has 0 atom stereocenters. The number of nitrogens with zero attached hydrogens (tertiary/aromatic N) is 1. The fraction of sp³-hybridized carbons (Fsp3) is 0.500. The second-order valence-electron chi connectivity index (χ2n) is 3.15. The summed E-state index contributed by atoms with van der Waals surface area (Å²) in [7, 11) is 0. The lowest BCUT2D eigenvalue weighted by Gasteiger charge is -2.12. The van der Waals surface area contributed by atoms with Crippen LogP contribution in [0.5, 0.6) is 0 Å². The van der Waals surface area contributed by atoms with Crippen LogP contribution in [-0.4, -0.2) is 12.6 Å². The lowest BCUT2D eigenvalue weighted by Crippen LogP contribution is -2.13. The summed E-state index contributed by atoms with van der Waals surface area (Å²) in [6, 6.07) is 1.83. The molecule has 3 heteroatoms. The minimum Gasteiger partial charge on any atom is -0.461 e. The van der Waals surface area contributed by atoms with Crippen molar-refractivity contribution in [1.29, 1.82) is 5.26 Å². The third kappa shape index (κ3) is 1.25. The van der Waals surface area contributed by atoms with Crippen LogP contribution in [0.2, 0.25) is 0 Å². The molecule has 0 aliphatic carbocycles. The van der Waals surface area contributed by atoms with Crippen LogP contribution in [0.4, 0.5) is 0 Å².